The summed E-state index contributed by atoms with van der Waals surface area (Å²) in [6, 6.07) is 10.0. The van der Waals surface area contributed by atoms with Gasteiger partial charge in [0.2, 0.25) is 0 Å². The summed E-state index contributed by atoms with van der Waals surface area (Å²) in [5, 5.41) is 9.58. The van der Waals surface area contributed by atoms with Gasteiger partial charge in [-0.2, -0.15) is 13.2 Å². The van der Waals surface area contributed by atoms with Crippen molar-refractivity contribution in [1.29, 1.82) is 0 Å². The monoisotopic (exact) mass is 447 g/mol. The van der Waals surface area contributed by atoms with Crippen molar-refractivity contribution in [2.24, 2.45) is 0 Å². The molecular weight excluding hydrogens is 427 g/mol. The van der Waals surface area contributed by atoms with Crippen LogP contribution in [0.4, 0.5) is 24.8 Å². The van der Waals surface area contributed by atoms with Gasteiger partial charge in [0.15, 0.2) is 5.82 Å². The molecule has 1 aliphatic heterocycles. The Kier molecular flexibility index (Phi) is 5.75. The Balaban J connectivity index is 1.48. The van der Waals surface area contributed by atoms with Gasteiger partial charge in [-0.05, 0) is 49.2 Å². The van der Waals surface area contributed by atoms with Gasteiger partial charge in [-0.15, -0.1) is 10.2 Å². The fraction of sp³-hybridized carbons (Fsp3) is 0.318. The van der Waals surface area contributed by atoms with E-state index >= 15 is 0 Å². The Morgan fingerprint density at radius 3 is 2.23 bits per heavy atom. The lowest BCUT2D eigenvalue weighted by molar-refractivity contribution is -0.137. The fourth-order valence-electron chi connectivity index (χ4n) is 3.69. The minimum absolute atomic E-state index is 0.544. The third-order valence-corrected chi connectivity index (χ3v) is 5.81. The maximum absolute atomic E-state index is 12.7. The first-order valence-electron chi connectivity index (χ1n) is 9.87. The van der Waals surface area contributed by atoms with Crippen molar-refractivity contribution >= 4 is 23.2 Å². The molecule has 1 aliphatic rings. The lowest BCUT2D eigenvalue weighted by Crippen LogP contribution is -2.47. The molecule has 0 bridgehead atoms. The van der Waals surface area contributed by atoms with Crippen LogP contribution in [0.1, 0.15) is 16.7 Å². The summed E-state index contributed by atoms with van der Waals surface area (Å²) >= 11 is 6.11. The van der Waals surface area contributed by atoms with Crippen molar-refractivity contribution in [3.8, 4) is 11.3 Å². The number of rotatable bonds is 3. The SMILES string of the molecule is Cc1c(-c2cccc(Cl)c2)nnc(N2CCN(c3ccc(C(F)(F)F)cn3)CC2)c1C. The molecule has 5 nitrogen and oxygen atoms in total. The van der Waals surface area contributed by atoms with Gasteiger partial charge in [0.1, 0.15) is 5.82 Å². The van der Waals surface area contributed by atoms with Gasteiger partial charge in [-0.25, -0.2) is 4.98 Å². The van der Waals surface area contributed by atoms with Crippen molar-refractivity contribution in [1.82, 2.24) is 15.2 Å². The van der Waals surface area contributed by atoms with E-state index in [0.717, 1.165) is 40.5 Å². The highest BCUT2D eigenvalue weighted by Gasteiger charge is 2.31. The van der Waals surface area contributed by atoms with Gasteiger partial charge in [0, 0.05) is 43.0 Å². The Bertz CT molecular complexity index is 1080. The number of aromatic nitrogens is 3. The molecule has 0 saturated carbocycles. The predicted octanol–water partition coefficient (Wildman–Crippen LogP) is 5.15. The number of hydrogen-bond acceptors (Lipinski definition) is 5. The lowest BCUT2D eigenvalue weighted by Gasteiger charge is -2.36. The Labute approximate surface area is 183 Å². The number of pyridine rings is 1. The Hall–Kier alpha value is -2.87. The second-order valence-electron chi connectivity index (χ2n) is 7.51. The Morgan fingerprint density at radius 2 is 1.61 bits per heavy atom. The average molecular weight is 448 g/mol. The summed E-state index contributed by atoms with van der Waals surface area (Å²) in [7, 11) is 0. The van der Waals surface area contributed by atoms with Crippen molar-refractivity contribution in [3.05, 3.63) is 64.3 Å². The lowest BCUT2D eigenvalue weighted by atomic mass is 10.0. The highest BCUT2D eigenvalue weighted by atomic mass is 35.5. The van der Waals surface area contributed by atoms with Gasteiger partial charge in [-0.1, -0.05) is 23.7 Å². The molecule has 0 spiro atoms. The third-order valence-electron chi connectivity index (χ3n) is 5.57. The van der Waals surface area contributed by atoms with Crippen LogP contribution in [0.15, 0.2) is 42.6 Å². The first kappa shape index (κ1) is 21.4. The van der Waals surface area contributed by atoms with Crippen LogP contribution in [-0.2, 0) is 6.18 Å². The van der Waals surface area contributed by atoms with Crippen molar-refractivity contribution in [3.63, 3.8) is 0 Å². The minimum Gasteiger partial charge on any atom is -0.353 e. The van der Waals surface area contributed by atoms with E-state index < -0.39 is 11.7 Å². The normalized spacial score (nSPS) is 14.8. The van der Waals surface area contributed by atoms with Crippen LogP contribution in [0.2, 0.25) is 5.02 Å². The molecule has 162 valence electrons. The van der Waals surface area contributed by atoms with E-state index in [4.69, 9.17) is 11.6 Å². The molecule has 0 atom stereocenters. The van der Waals surface area contributed by atoms with Crippen LogP contribution in [0.25, 0.3) is 11.3 Å². The first-order chi connectivity index (χ1) is 14.7. The van der Waals surface area contributed by atoms with E-state index in [0.29, 0.717) is 37.0 Å². The number of halogens is 4. The molecule has 1 saturated heterocycles. The zero-order valence-corrected chi connectivity index (χ0v) is 17.9. The molecule has 9 heteroatoms. The largest absolute Gasteiger partial charge is 0.417 e. The molecule has 3 heterocycles. The van der Waals surface area contributed by atoms with Gasteiger partial charge in [0.25, 0.3) is 0 Å². The molecular formula is C22H21ClF3N5. The van der Waals surface area contributed by atoms with Crippen LogP contribution in [0.3, 0.4) is 0 Å². The number of alkyl halides is 3. The maximum atomic E-state index is 12.7. The molecule has 0 unspecified atom stereocenters. The smallest absolute Gasteiger partial charge is 0.353 e. The number of nitrogens with zero attached hydrogens (tertiary/aromatic N) is 5. The van der Waals surface area contributed by atoms with E-state index in [1.165, 1.54) is 6.07 Å². The number of piperazine rings is 1. The molecule has 0 aliphatic carbocycles. The van der Waals surface area contributed by atoms with Crippen LogP contribution in [0.5, 0.6) is 0 Å². The van der Waals surface area contributed by atoms with E-state index in [1.807, 2.05) is 43.0 Å². The topological polar surface area (TPSA) is 45.2 Å². The molecule has 1 fully saturated rings. The van der Waals surface area contributed by atoms with Gasteiger partial charge < -0.3 is 9.80 Å². The molecule has 4 rings (SSSR count). The van der Waals surface area contributed by atoms with Crippen LogP contribution in [-0.4, -0.2) is 41.4 Å². The molecule has 1 aromatic carbocycles. The maximum Gasteiger partial charge on any atom is 0.417 e. The zero-order chi connectivity index (χ0) is 22.2. The molecule has 0 amide bonds. The standard InChI is InChI=1S/C22H21ClF3N5/c1-14-15(2)21(29-28-20(14)16-4-3-5-18(23)12-16)31-10-8-30(9-11-31)19-7-6-17(13-27-19)22(24,25)26/h3-7,12-13H,8-11H2,1-2H3. The van der Waals surface area contributed by atoms with Gasteiger partial charge in [-0.3, -0.25) is 0 Å². The number of anilines is 2. The summed E-state index contributed by atoms with van der Waals surface area (Å²) < 4.78 is 38.2. The first-order valence-corrected chi connectivity index (χ1v) is 10.2. The Morgan fingerprint density at radius 1 is 0.903 bits per heavy atom. The van der Waals surface area contributed by atoms with E-state index in [1.54, 1.807) is 0 Å². The quantitative estimate of drug-likeness (QED) is 0.555. The van der Waals surface area contributed by atoms with Gasteiger partial charge >= 0.3 is 6.18 Å². The summed E-state index contributed by atoms with van der Waals surface area (Å²) in [5.41, 5.74) is 3.07. The summed E-state index contributed by atoms with van der Waals surface area (Å²) in [6.07, 6.45) is -3.50. The minimum atomic E-state index is -4.38. The highest BCUT2D eigenvalue weighted by Crippen LogP contribution is 2.31. The van der Waals surface area contributed by atoms with Crippen molar-refractivity contribution < 1.29 is 13.2 Å². The van der Waals surface area contributed by atoms with E-state index in [2.05, 4.69) is 20.1 Å². The second kappa shape index (κ2) is 8.34. The summed E-state index contributed by atoms with van der Waals surface area (Å²) in [6.45, 7) is 6.66. The van der Waals surface area contributed by atoms with E-state index in [9.17, 15) is 13.2 Å². The van der Waals surface area contributed by atoms with Crippen LogP contribution < -0.4 is 9.80 Å². The van der Waals surface area contributed by atoms with Crippen LogP contribution >= 0.6 is 11.6 Å². The molecule has 31 heavy (non-hydrogen) atoms. The number of benzene rings is 1. The fourth-order valence-corrected chi connectivity index (χ4v) is 3.88. The molecule has 3 aromatic rings. The van der Waals surface area contributed by atoms with Crippen molar-refractivity contribution in [2.45, 2.75) is 20.0 Å². The number of hydrogen-bond donors (Lipinski definition) is 0. The average Bonchev–Trinajstić information content (AvgIpc) is 2.75. The molecule has 2 aromatic heterocycles. The highest BCUT2D eigenvalue weighted by molar-refractivity contribution is 6.30. The molecule has 0 N–H and O–H groups in total. The predicted molar refractivity (Wildman–Crippen MR) is 116 cm³/mol. The summed E-state index contributed by atoms with van der Waals surface area (Å²) in [5.74, 6) is 1.37. The van der Waals surface area contributed by atoms with Gasteiger partial charge in [0.05, 0.1) is 11.3 Å². The molecule has 0 radical (unpaired) electrons. The third kappa shape index (κ3) is 4.44. The summed E-state index contributed by atoms with van der Waals surface area (Å²) in [4.78, 5) is 8.13. The van der Waals surface area contributed by atoms with E-state index in [-0.39, 0.29) is 0 Å². The van der Waals surface area contributed by atoms with Crippen molar-refractivity contribution in [2.75, 3.05) is 36.0 Å². The van der Waals surface area contributed by atoms with Crippen LogP contribution in [0, 0.1) is 13.8 Å². The zero-order valence-electron chi connectivity index (χ0n) is 17.1. The second-order valence-corrected chi connectivity index (χ2v) is 7.95.